The summed E-state index contributed by atoms with van der Waals surface area (Å²) in [5.41, 5.74) is 3.98. The largest absolute Gasteiger partial charge is 0.369 e. The Morgan fingerprint density at radius 2 is 1.78 bits per heavy atom. The van der Waals surface area contributed by atoms with Crippen LogP contribution in [0.5, 0.6) is 0 Å². The van der Waals surface area contributed by atoms with Crippen molar-refractivity contribution in [2.75, 3.05) is 36.8 Å². The number of amides is 1. The second-order valence-electron chi connectivity index (χ2n) is 7.76. The molecule has 10 heteroatoms. The highest BCUT2D eigenvalue weighted by atomic mass is 32.2. The Bertz CT molecular complexity index is 1150. The van der Waals surface area contributed by atoms with Gasteiger partial charge in [0.25, 0.3) is 0 Å². The standard InChI is InChI=1S/C22H26N6O3S/c1-18-3-2-4-21(13-18)26-9-11-27(12-10-26)32(30,31)15-22(29)24-14-19-5-7-20(8-6-19)28-17-23-16-25-28/h2-8,13,16-17H,9-12,14-15H2,1H3,(H,24,29). The molecule has 1 aliphatic heterocycles. The van der Waals surface area contributed by atoms with Crippen molar-refractivity contribution in [2.24, 2.45) is 0 Å². The van der Waals surface area contributed by atoms with Crippen molar-refractivity contribution in [3.05, 3.63) is 72.3 Å². The van der Waals surface area contributed by atoms with E-state index in [1.54, 1.807) is 11.0 Å². The summed E-state index contributed by atoms with van der Waals surface area (Å²) in [5.74, 6) is -1.06. The molecule has 1 N–H and O–H groups in total. The average Bonchev–Trinajstić information content (AvgIpc) is 3.33. The van der Waals surface area contributed by atoms with E-state index >= 15 is 0 Å². The highest BCUT2D eigenvalue weighted by Gasteiger charge is 2.29. The Balaban J connectivity index is 1.26. The fraction of sp³-hybridized carbons (Fsp3) is 0.318. The summed E-state index contributed by atoms with van der Waals surface area (Å²) in [4.78, 5) is 18.4. The number of anilines is 1. The molecule has 0 radical (unpaired) electrons. The normalized spacial score (nSPS) is 15.0. The van der Waals surface area contributed by atoms with Crippen LogP contribution < -0.4 is 10.2 Å². The summed E-state index contributed by atoms with van der Waals surface area (Å²) in [6.45, 7) is 4.23. The van der Waals surface area contributed by atoms with Crippen LogP contribution in [0.1, 0.15) is 11.1 Å². The Hall–Kier alpha value is -3.24. The Morgan fingerprint density at radius 1 is 1.03 bits per heavy atom. The molecule has 1 fully saturated rings. The van der Waals surface area contributed by atoms with Crippen molar-refractivity contribution in [3.8, 4) is 5.69 Å². The van der Waals surface area contributed by atoms with Gasteiger partial charge >= 0.3 is 0 Å². The van der Waals surface area contributed by atoms with E-state index in [1.807, 2.05) is 49.4 Å². The van der Waals surface area contributed by atoms with Gasteiger partial charge in [0.1, 0.15) is 18.4 Å². The molecule has 0 aliphatic carbocycles. The lowest BCUT2D eigenvalue weighted by atomic mass is 10.2. The van der Waals surface area contributed by atoms with E-state index in [9.17, 15) is 13.2 Å². The van der Waals surface area contributed by atoms with Crippen molar-refractivity contribution in [1.82, 2.24) is 24.4 Å². The maximum atomic E-state index is 12.7. The summed E-state index contributed by atoms with van der Waals surface area (Å²) >= 11 is 0. The van der Waals surface area contributed by atoms with E-state index in [0.717, 1.165) is 16.9 Å². The van der Waals surface area contributed by atoms with Crippen LogP contribution in [0.15, 0.2) is 61.2 Å². The van der Waals surface area contributed by atoms with E-state index in [0.29, 0.717) is 26.2 Å². The SMILES string of the molecule is Cc1cccc(N2CCN(S(=O)(=O)CC(=O)NCc3ccc(-n4cncn4)cc3)CC2)c1. The number of hydrogen-bond donors (Lipinski definition) is 1. The second-order valence-corrected chi connectivity index (χ2v) is 9.73. The van der Waals surface area contributed by atoms with Gasteiger partial charge < -0.3 is 10.2 Å². The van der Waals surface area contributed by atoms with Crippen LogP contribution in [0.3, 0.4) is 0 Å². The van der Waals surface area contributed by atoms with Gasteiger partial charge in [0.15, 0.2) is 0 Å². The third-order valence-corrected chi connectivity index (χ3v) is 7.20. The first-order valence-corrected chi connectivity index (χ1v) is 12.0. The van der Waals surface area contributed by atoms with Crippen LogP contribution in [-0.4, -0.2) is 65.3 Å². The zero-order valence-corrected chi connectivity index (χ0v) is 18.7. The number of benzene rings is 2. The minimum Gasteiger partial charge on any atom is -0.369 e. The van der Waals surface area contributed by atoms with Gasteiger partial charge in [-0.1, -0.05) is 24.3 Å². The molecule has 0 saturated carbocycles. The van der Waals surface area contributed by atoms with Gasteiger partial charge in [0, 0.05) is 38.4 Å². The molecule has 3 aromatic rings. The maximum absolute atomic E-state index is 12.7. The highest BCUT2D eigenvalue weighted by Crippen LogP contribution is 2.19. The Kier molecular flexibility index (Phi) is 6.52. The summed E-state index contributed by atoms with van der Waals surface area (Å²) in [6, 6.07) is 15.6. The highest BCUT2D eigenvalue weighted by molar-refractivity contribution is 7.89. The number of piperazine rings is 1. The molecule has 168 valence electrons. The van der Waals surface area contributed by atoms with Gasteiger partial charge in [-0.2, -0.15) is 9.40 Å². The minimum absolute atomic E-state index is 0.257. The number of hydrogen-bond acceptors (Lipinski definition) is 6. The molecule has 1 aliphatic rings. The maximum Gasteiger partial charge on any atom is 0.236 e. The van der Waals surface area contributed by atoms with E-state index in [2.05, 4.69) is 26.4 Å². The van der Waals surface area contributed by atoms with Gasteiger partial charge in [-0.05, 0) is 42.3 Å². The smallest absolute Gasteiger partial charge is 0.236 e. The van der Waals surface area contributed by atoms with Crippen LogP contribution in [0, 0.1) is 6.92 Å². The van der Waals surface area contributed by atoms with Crippen molar-refractivity contribution in [2.45, 2.75) is 13.5 Å². The predicted octanol–water partition coefficient (Wildman–Crippen LogP) is 1.34. The van der Waals surface area contributed by atoms with E-state index in [-0.39, 0.29) is 6.54 Å². The van der Waals surface area contributed by atoms with Crippen LogP contribution in [0.2, 0.25) is 0 Å². The molecule has 2 aromatic carbocycles. The molecule has 9 nitrogen and oxygen atoms in total. The molecule has 4 rings (SSSR count). The third-order valence-electron chi connectivity index (χ3n) is 5.42. The number of sulfonamides is 1. The van der Waals surface area contributed by atoms with Crippen molar-refractivity contribution >= 4 is 21.6 Å². The topological polar surface area (TPSA) is 100 Å². The number of aromatic nitrogens is 3. The number of carbonyl (C=O) groups is 1. The molecule has 1 saturated heterocycles. The third kappa shape index (κ3) is 5.32. The Morgan fingerprint density at radius 3 is 2.44 bits per heavy atom. The molecule has 0 bridgehead atoms. The molecule has 1 aromatic heterocycles. The lowest BCUT2D eigenvalue weighted by Gasteiger charge is -2.35. The number of aryl methyl sites for hydroxylation is 1. The first-order valence-electron chi connectivity index (χ1n) is 10.4. The van der Waals surface area contributed by atoms with Gasteiger partial charge in [-0.15, -0.1) is 0 Å². The first-order chi connectivity index (χ1) is 15.4. The second kappa shape index (κ2) is 9.49. The van der Waals surface area contributed by atoms with E-state index in [1.165, 1.54) is 16.2 Å². The lowest BCUT2D eigenvalue weighted by Crippen LogP contribution is -2.50. The Labute approximate surface area is 187 Å². The van der Waals surface area contributed by atoms with Gasteiger partial charge in [0.2, 0.25) is 15.9 Å². The lowest BCUT2D eigenvalue weighted by molar-refractivity contribution is -0.118. The molecule has 32 heavy (non-hydrogen) atoms. The number of carbonyl (C=O) groups excluding carboxylic acids is 1. The van der Waals surface area contributed by atoms with Crippen LogP contribution in [0.25, 0.3) is 5.69 Å². The minimum atomic E-state index is -3.66. The summed E-state index contributed by atoms with van der Waals surface area (Å²) in [5, 5.41) is 6.76. The predicted molar refractivity (Wildman–Crippen MR) is 122 cm³/mol. The monoisotopic (exact) mass is 454 g/mol. The molecule has 2 heterocycles. The molecule has 0 atom stereocenters. The molecule has 0 unspecified atom stereocenters. The van der Waals surface area contributed by atoms with Crippen LogP contribution >= 0.6 is 0 Å². The number of nitrogens with one attached hydrogen (secondary N) is 1. The van der Waals surface area contributed by atoms with Gasteiger partial charge in [-0.3, -0.25) is 4.79 Å². The first kappa shape index (κ1) is 22.0. The van der Waals surface area contributed by atoms with E-state index < -0.39 is 21.7 Å². The van der Waals surface area contributed by atoms with Gasteiger partial charge in [-0.25, -0.2) is 18.1 Å². The van der Waals surface area contributed by atoms with Gasteiger partial charge in [0.05, 0.1) is 5.69 Å². The molecular weight excluding hydrogens is 428 g/mol. The average molecular weight is 455 g/mol. The van der Waals surface area contributed by atoms with Crippen LogP contribution in [0.4, 0.5) is 5.69 Å². The fourth-order valence-corrected chi connectivity index (χ4v) is 5.00. The van der Waals surface area contributed by atoms with Crippen molar-refractivity contribution in [1.29, 1.82) is 0 Å². The summed E-state index contributed by atoms with van der Waals surface area (Å²) in [6.07, 6.45) is 3.05. The van der Waals surface area contributed by atoms with Crippen LogP contribution in [-0.2, 0) is 21.4 Å². The molecular formula is C22H26N6O3S. The molecule has 1 amide bonds. The zero-order chi connectivity index (χ0) is 22.6. The van der Waals surface area contributed by atoms with Crippen molar-refractivity contribution in [3.63, 3.8) is 0 Å². The van der Waals surface area contributed by atoms with Crippen molar-refractivity contribution < 1.29 is 13.2 Å². The zero-order valence-electron chi connectivity index (χ0n) is 17.9. The fourth-order valence-electron chi connectivity index (χ4n) is 3.67. The number of nitrogens with zero attached hydrogens (tertiary/aromatic N) is 5. The van der Waals surface area contributed by atoms with E-state index in [4.69, 9.17) is 0 Å². The summed E-state index contributed by atoms with van der Waals surface area (Å²) in [7, 11) is -3.66. The summed E-state index contributed by atoms with van der Waals surface area (Å²) < 4.78 is 28.5. The molecule has 0 spiro atoms. The number of rotatable bonds is 7. The quantitative estimate of drug-likeness (QED) is 0.578.